The number of aryl methyl sites for hydroxylation is 1. The third-order valence-electron chi connectivity index (χ3n) is 3.01. The van der Waals surface area contributed by atoms with Crippen molar-refractivity contribution >= 4 is 11.4 Å². The number of nitro benzene ring substituents is 1. The van der Waals surface area contributed by atoms with Gasteiger partial charge >= 0.3 is 0 Å². The molecule has 0 saturated heterocycles. The lowest BCUT2D eigenvalue weighted by molar-refractivity contribution is -0.384. The minimum absolute atomic E-state index is 0.0428. The van der Waals surface area contributed by atoms with E-state index in [1.54, 1.807) is 6.07 Å². The van der Waals surface area contributed by atoms with Gasteiger partial charge in [0.25, 0.3) is 5.69 Å². The SMILES string of the molecule is Cc1cc(C[C@@H](C)Nc2ccc([N+](=O)[O-])cc2C#N)n[nH]1. The molecule has 1 atom stereocenters. The zero-order valence-corrected chi connectivity index (χ0v) is 11.8. The number of nitriles is 1. The normalized spacial score (nSPS) is 11.7. The van der Waals surface area contributed by atoms with E-state index in [9.17, 15) is 10.1 Å². The Labute approximate surface area is 121 Å². The molecule has 1 aromatic heterocycles. The molecular weight excluding hydrogens is 270 g/mol. The summed E-state index contributed by atoms with van der Waals surface area (Å²) in [5, 5.41) is 30.0. The summed E-state index contributed by atoms with van der Waals surface area (Å²) in [6.07, 6.45) is 0.687. The van der Waals surface area contributed by atoms with Gasteiger partial charge in [-0.3, -0.25) is 15.2 Å². The molecule has 7 nitrogen and oxygen atoms in total. The molecule has 21 heavy (non-hydrogen) atoms. The van der Waals surface area contributed by atoms with Crippen molar-refractivity contribution in [3.8, 4) is 6.07 Å². The first kappa shape index (κ1) is 14.5. The average molecular weight is 285 g/mol. The van der Waals surface area contributed by atoms with E-state index in [1.807, 2.05) is 26.0 Å². The third-order valence-corrected chi connectivity index (χ3v) is 3.01. The van der Waals surface area contributed by atoms with Crippen LogP contribution in [0.3, 0.4) is 0 Å². The summed E-state index contributed by atoms with van der Waals surface area (Å²) in [5.41, 5.74) is 2.67. The van der Waals surface area contributed by atoms with Crippen LogP contribution < -0.4 is 5.32 Å². The zero-order valence-electron chi connectivity index (χ0n) is 11.8. The topological polar surface area (TPSA) is 108 Å². The minimum atomic E-state index is -0.513. The van der Waals surface area contributed by atoms with Crippen molar-refractivity contribution in [3.63, 3.8) is 0 Å². The fraction of sp³-hybridized carbons (Fsp3) is 0.286. The van der Waals surface area contributed by atoms with E-state index in [0.29, 0.717) is 12.1 Å². The molecule has 0 radical (unpaired) electrons. The van der Waals surface area contributed by atoms with Crippen molar-refractivity contribution in [2.75, 3.05) is 5.32 Å². The molecule has 0 amide bonds. The summed E-state index contributed by atoms with van der Waals surface area (Å²) in [7, 11) is 0. The molecule has 0 aliphatic heterocycles. The van der Waals surface area contributed by atoms with Crippen LogP contribution in [-0.4, -0.2) is 21.2 Å². The highest BCUT2D eigenvalue weighted by atomic mass is 16.6. The fourth-order valence-electron chi connectivity index (χ4n) is 2.07. The van der Waals surface area contributed by atoms with Gasteiger partial charge < -0.3 is 5.32 Å². The Kier molecular flexibility index (Phi) is 4.18. The quantitative estimate of drug-likeness (QED) is 0.648. The first-order valence-corrected chi connectivity index (χ1v) is 6.45. The molecule has 0 saturated carbocycles. The van der Waals surface area contributed by atoms with Gasteiger partial charge in [-0.15, -0.1) is 0 Å². The van der Waals surface area contributed by atoms with Gasteiger partial charge in [0.2, 0.25) is 0 Å². The lowest BCUT2D eigenvalue weighted by Crippen LogP contribution is -2.19. The third kappa shape index (κ3) is 3.57. The standard InChI is InChI=1S/C14H15N5O2/c1-9(5-12-6-10(2)17-18-12)16-14-4-3-13(19(20)21)7-11(14)8-15/h3-4,6-7,9,16H,5H2,1-2H3,(H,17,18)/t9-/m1/s1. The largest absolute Gasteiger partial charge is 0.381 e. The van der Waals surface area contributed by atoms with Crippen molar-refractivity contribution < 1.29 is 4.92 Å². The molecule has 0 aliphatic carbocycles. The Balaban J connectivity index is 2.11. The number of H-pyrrole nitrogens is 1. The number of nitrogens with zero attached hydrogens (tertiary/aromatic N) is 3. The maximum absolute atomic E-state index is 10.7. The number of nitro groups is 1. The maximum atomic E-state index is 10.7. The van der Waals surface area contributed by atoms with Crippen LogP contribution in [0.15, 0.2) is 24.3 Å². The van der Waals surface area contributed by atoms with Gasteiger partial charge in [0.1, 0.15) is 6.07 Å². The lowest BCUT2D eigenvalue weighted by atomic mass is 10.1. The maximum Gasteiger partial charge on any atom is 0.270 e. The van der Waals surface area contributed by atoms with Gasteiger partial charge in [-0.25, -0.2) is 0 Å². The van der Waals surface area contributed by atoms with Crippen LogP contribution >= 0.6 is 0 Å². The molecular formula is C14H15N5O2. The number of nitrogens with one attached hydrogen (secondary N) is 2. The summed E-state index contributed by atoms with van der Waals surface area (Å²) in [6, 6.07) is 8.19. The van der Waals surface area contributed by atoms with E-state index in [4.69, 9.17) is 5.26 Å². The lowest BCUT2D eigenvalue weighted by Gasteiger charge is -2.15. The average Bonchev–Trinajstić information content (AvgIpc) is 2.84. The van der Waals surface area contributed by atoms with E-state index >= 15 is 0 Å². The minimum Gasteiger partial charge on any atom is -0.381 e. The smallest absolute Gasteiger partial charge is 0.270 e. The summed E-state index contributed by atoms with van der Waals surface area (Å²) in [4.78, 5) is 10.2. The molecule has 2 rings (SSSR count). The summed E-state index contributed by atoms with van der Waals surface area (Å²) < 4.78 is 0. The first-order valence-electron chi connectivity index (χ1n) is 6.45. The Bertz CT molecular complexity index is 702. The molecule has 7 heteroatoms. The number of aromatic nitrogens is 2. The number of rotatable bonds is 5. The van der Waals surface area contributed by atoms with Gasteiger partial charge in [-0.2, -0.15) is 10.4 Å². The second-order valence-electron chi connectivity index (χ2n) is 4.89. The van der Waals surface area contributed by atoms with Crippen LogP contribution in [0.5, 0.6) is 0 Å². The van der Waals surface area contributed by atoms with E-state index < -0.39 is 4.92 Å². The second-order valence-corrected chi connectivity index (χ2v) is 4.89. The van der Waals surface area contributed by atoms with Gasteiger partial charge in [-0.05, 0) is 26.0 Å². The van der Waals surface area contributed by atoms with Crippen LogP contribution in [0.2, 0.25) is 0 Å². The number of hydrogen-bond acceptors (Lipinski definition) is 5. The molecule has 2 aromatic rings. The Morgan fingerprint density at radius 1 is 1.52 bits per heavy atom. The fourth-order valence-corrected chi connectivity index (χ4v) is 2.07. The molecule has 1 heterocycles. The molecule has 0 bridgehead atoms. The van der Waals surface area contributed by atoms with E-state index in [0.717, 1.165) is 11.4 Å². The van der Waals surface area contributed by atoms with Crippen LogP contribution in [0, 0.1) is 28.4 Å². The van der Waals surface area contributed by atoms with E-state index in [-0.39, 0.29) is 17.3 Å². The predicted molar refractivity (Wildman–Crippen MR) is 77.9 cm³/mol. The van der Waals surface area contributed by atoms with Crippen LogP contribution in [0.4, 0.5) is 11.4 Å². The second kappa shape index (κ2) is 6.05. The highest BCUT2D eigenvalue weighted by Crippen LogP contribution is 2.22. The van der Waals surface area contributed by atoms with Gasteiger partial charge in [0.05, 0.1) is 21.9 Å². The molecule has 2 N–H and O–H groups in total. The Morgan fingerprint density at radius 2 is 2.29 bits per heavy atom. The molecule has 1 aromatic carbocycles. The first-order chi connectivity index (χ1) is 9.99. The summed E-state index contributed by atoms with van der Waals surface area (Å²) >= 11 is 0. The van der Waals surface area contributed by atoms with E-state index in [1.165, 1.54) is 12.1 Å². The van der Waals surface area contributed by atoms with E-state index in [2.05, 4.69) is 15.5 Å². The number of aromatic amines is 1. The zero-order chi connectivity index (χ0) is 15.4. The van der Waals surface area contributed by atoms with Crippen LogP contribution in [0.1, 0.15) is 23.9 Å². The predicted octanol–water partition coefficient (Wildman–Crippen LogP) is 2.54. The number of hydrogen-bond donors (Lipinski definition) is 2. The van der Waals surface area contributed by atoms with Crippen LogP contribution in [0.25, 0.3) is 0 Å². The molecule has 0 unspecified atom stereocenters. The van der Waals surface area contributed by atoms with Gasteiger partial charge in [0, 0.05) is 30.3 Å². The number of non-ortho nitro benzene ring substituents is 1. The van der Waals surface area contributed by atoms with Crippen molar-refractivity contribution in [2.45, 2.75) is 26.3 Å². The number of anilines is 1. The van der Waals surface area contributed by atoms with Gasteiger partial charge in [0.15, 0.2) is 0 Å². The summed E-state index contributed by atoms with van der Waals surface area (Å²) in [5.74, 6) is 0. The monoisotopic (exact) mass is 285 g/mol. The number of benzene rings is 1. The summed E-state index contributed by atoms with van der Waals surface area (Å²) in [6.45, 7) is 3.89. The highest BCUT2D eigenvalue weighted by molar-refractivity contribution is 5.61. The van der Waals surface area contributed by atoms with Gasteiger partial charge in [-0.1, -0.05) is 0 Å². The highest BCUT2D eigenvalue weighted by Gasteiger charge is 2.13. The van der Waals surface area contributed by atoms with Crippen LogP contribution in [-0.2, 0) is 6.42 Å². The molecule has 108 valence electrons. The Morgan fingerprint density at radius 3 is 2.86 bits per heavy atom. The molecule has 0 fully saturated rings. The Hall–Kier alpha value is -2.88. The van der Waals surface area contributed by atoms with Crippen molar-refractivity contribution in [2.24, 2.45) is 0 Å². The van der Waals surface area contributed by atoms with Crippen molar-refractivity contribution in [1.82, 2.24) is 10.2 Å². The molecule has 0 spiro atoms. The molecule has 0 aliphatic rings. The van der Waals surface area contributed by atoms with Crippen molar-refractivity contribution in [3.05, 3.63) is 51.3 Å². The van der Waals surface area contributed by atoms with Crippen molar-refractivity contribution in [1.29, 1.82) is 5.26 Å².